The number of aryl methyl sites for hydroxylation is 1. The molecule has 0 spiro atoms. The van der Waals surface area contributed by atoms with Gasteiger partial charge in [0.05, 0.1) is 23.3 Å². The zero-order valence-electron chi connectivity index (χ0n) is 14.6. The van der Waals surface area contributed by atoms with E-state index in [9.17, 15) is 26.4 Å². The average Bonchev–Trinajstić information content (AvgIpc) is 2.60. The molecule has 0 aliphatic heterocycles. The van der Waals surface area contributed by atoms with E-state index in [0.29, 0.717) is 11.6 Å². The number of nitrogens with one attached hydrogen (secondary N) is 1. The number of sulfonamides is 1. The summed E-state index contributed by atoms with van der Waals surface area (Å²) in [5.74, 6) is -0.396. The number of methoxy groups -OCH3 is 1. The molecule has 2 aromatic carbocycles. The minimum atomic E-state index is -4.80. The molecule has 11 heteroatoms. The van der Waals surface area contributed by atoms with E-state index < -0.39 is 33.4 Å². The largest absolute Gasteiger partial charge is 0.482 e. The molecule has 152 valence electrons. The highest BCUT2D eigenvalue weighted by atomic mass is 35.5. The van der Waals surface area contributed by atoms with Gasteiger partial charge in [-0.1, -0.05) is 11.6 Å². The summed E-state index contributed by atoms with van der Waals surface area (Å²) in [7, 11) is -3.14. The molecule has 0 aliphatic rings. The van der Waals surface area contributed by atoms with E-state index in [1.54, 1.807) is 0 Å². The smallest absolute Gasteiger partial charge is 0.418 e. The Morgan fingerprint density at radius 1 is 1.18 bits per heavy atom. The van der Waals surface area contributed by atoms with Crippen molar-refractivity contribution in [2.24, 2.45) is 0 Å². The summed E-state index contributed by atoms with van der Waals surface area (Å²) in [5, 5.41) is -0.182. The fourth-order valence-electron chi connectivity index (χ4n) is 2.19. The van der Waals surface area contributed by atoms with Crippen molar-refractivity contribution in [1.29, 1.82) is 0 Å². The monoisotopic (exact) mass is 437 g/mol. The molecule has 0 fully saturated rings. The van der Waals surface area contributed by atoms with E-state index in [4.69, 9.17) is 16.3 Å². The molecule has 0 amide bonds. The quantitative estimate of drug-likeness (QED) is 0.690. The Balaban J connectivity index is 2.31. The first-order valence-electron chi connectivity index (χ1n) is 7.64. The van der Waals surface area contributed by atoms with Crippen LogP contribution in [-0.2, 0) is 25.7 Å². The van der Waals surface area contributed by atoms with Gasteiger partial charge in [-0.2, -0.15) is 13.2 Å². The third kappa shape index (κ3) is 5.29. The molecule has 0 aromatic heterocycles. The summed E-state index contributed by atoms with van der Waals surface area (Å²) in [6.45, 7) is 1.15. The molecule has 0 saturated carbocycles. The number of esters is 1. The highest BCUT2D eigenvalue weighted by molar-refractivity contribution is 7.92. The minimum Gasteiger partial charge on any atom is -0.482 e. The lowest BCUT2D eigenvalue weighted by atomic mass is 10.2. The number of halogens is 4. The minimum absolute atomic E-state index is 0.182. The first-order valence-corrected chi connectivity index (χ1v) is 9.50. The van der Waals surface area contributed by atoms with Crippen LogP contribution in [0, 0.1) is 6.92 Å². The topological polar surface area (TPSA) is 81.7 Å². The Hall–Kier alpha value is -2.46. The fourth-order valence-corrected chi connectivity index (χ4v) is 3.53. The molecule has 1 N–H and O–H groups in total. The van der Waals surface area contributed by atoms with Gasteiger partial charge in [-0.25, -0.2) is 13.2 Å². The maximum absolute atomic E-state index is 13.2. The van der Waals surface area contributed by atoms with Gasteiger partial charge >= 0.3 is 12.1 Å². The summed E-state index contributed by atoms with van der Waals surface area (Å²) < 4.78 is 76.0. The summed E-state index contributed by atoms with van der Waals surface area (Å²) in [6.07, 6.45) is -4.80. The summed E-state index contributed by atoms with van der Waals surface area (Å²) >= 11 is 5.59. The maximum atomic E-state index is 13.2. The van der Waals surface area contributed by atoms with Gasteiger partial charge in [0.25, 0.3) is 10.0 Å². The van der Waals surface area contributed by atoms with Crippen LogP contribution in [0.25, 0.3) is 0 Å². The second kappa shape index (κ2) is 8.27. The molecule has 0 saturated heterocycles. The molecule has 0 heterocycles. The molecule has 0 atom stereocenters. The van der Waals surface area contributed by atoms with Crippen molar-refractivity contribution in [2.45, 2.75) is 18.0 Å². The van der Waals surface area contributed by atoms with E-state index in [0.717, 1.165) is 18.2 Å². The number of benzene rings is 2. The molecule has 6 nitrogen and oxygen atoms in total. The number of carbonyl (C=O) groups excluding carboxylic acids is 1. The summed E-state index contributed by atoms with van der Waals surface area (Å²) in [6, 6.07) is 6.35. The molecular formula is C17H15ClF3NO5S. The predicted molar refractivity (Wildman–Crippen MR) is 96.0 cm³/mol. The first kappa shape index (κ1) is 21.8. The number of hydrogen-bond acceptors (Lipinski definition) is 5. The van der Waals surface area contributed by atoms with E-state index in [1.807, 2.05) is 4.72 Å². The zero-order valence-corrected chi connectivity index (χ0v) is 16.2. The third-order valence-corrected chi connectivity index (χ3v) is 5.16. The van der Waals surface area contributed by atoms with Crippen LogP contribution in [0.15, 0.2) is 41.3 Å². The van der Waals surface area contributed by atoms with Crippen LogP contribution in [0.1, 0.15) is 11.1 Å². The lowest BCUT2D eigenvalue weighted by Gasteiger charge is -2.16. The lowest BCUT2D eigenvalue weighted by molar-refractivity contribution is -0.143. The predicted octanol–water partition coefficient (Wildman–Crippen LogP) is 4.02. The maximum Gasteiger partial charge on any atom is 0.418 e. The van der Waals surface area contributed by atoms with Gasteiger partial charge in [0, 0.05) is 5.02 Å². The van der Waals surface area contributed by atoms with Crippen molar-refractivity contribution < 1.29 is 35.9 Å². The fraction of sp³-hybridized carbons (Fsp3) is 0.235. The Bertz CT molecular complexity index is 993. The highest BCUT2D eigenvalue weighted by Crippen LogP contribution is 2.37. The van der Waals surface area contributed by atoms with Crippen LogP contribution >= 0.6 is 11.6 Å². The van der Waals surface area contributed by atoms with E-state index in [1.165, 1.54) is 26.2 Å². The normalized spacial score (nSPS) is 11.8. The standard InChI is InChI=1S/C17H15ClF3NO5S/c1-10-7-12(4-6-15(10)27-9-16(23)26-2)28(24,25)22-14-5-3-11(18)8-13(14)17(19,20)21/h3-8,22H,9H2,1-2H3. The molecule has 0 unspecified atom stereocenters. The van der Waals surface area contributed by atoms with Crippen LogP contribution in [0.3, 0.4) is 0 Å². The van der Waals surface area contributed by atoms with Crippen molar-refractivity contribution >= 4 is 33.3 Å². The van der Waals surface area contributed by atoms with Gasteiger partial charge in [-0.15, -0.1) is 0 Å². The Morgan fingerprint density at radius 3 is 2.43 bits per heavy atom. The van der Waals surface area contributed by atoms with Crippen molar-refractivity contribution in [3.05, 3.63) is 52.5 Å². The molecule has 0 radical (unpaired) electrons. The van der Waals surface area contributed by atoms with Gasteiger partial charge in [0.1, 0.15) is 5.75 Å². The van der Waals surface area contributed by atoms with Crippen LogP contribution < -0.4 is 9.46 Å². The number of hydrogen-bond donors (Lipinski definition) is 1. The number of carbonyl (C=O) groups is 1. The van der Waals surface area contributed by atoms with Crippen molar-refractivity contribution in [1.82, 2.24) is 0 Å². The molecule has 2 aromatic rings. The number of alkyl halides is 3. The second-order valence-electron chi connectivity index (χ2n) is 5.59. The molecule has 2 rings (SSSR count). The SMILES string of the molecule is COC(=O)COc1ccc(S(=O)(=O)Nc2ccc(Cl)cc2C(F)(F)F)cc1C. The molecule has 0 bridgehead atoms. The highest BCUT2D eigenvalue weighted by Gasteiger charge is 2.35. The van der Waals surface area contributed by atoms with Gasteiger partial charge < -0.3 is 9.47 Å². The van der Waals surface area contributed by atoms with Crippen molar-refractivity contribution in [3.63, 3.8) is 0 Å². The van der Waals surface area contributed by atoms with Gasteiger partial charge in [-0.3, -0.25) is 4.72 Å². The molecule has 28 heavy (non-hydrogen) atoms. The van der Waals surface area contributed by atoms with Crippen LogP contribution in [0.2, 0.25) is 5.02 Å². The average molecular weight is 438 g/mol. The van der Waals surface area contributed by atoms with Gasteiger partial charge in [0.2, 0.25) is 0 Å². The van der Waals surface area contributed by atoms with Crippen molar-refractivity contribution in [2.75, 3.05) is 18.4 Å². The van der Waals surface area contributed by atoms with Gasteiger partial charge in [0.15, 0.2) is 6.61 Å². The van der Waals surface area contributed by atoms with E-state index in [2.05, 4.69) is 4.74 Å². The summed E-state index contributed by atoms with van der Waals surface area (Å²) in [4.78, 5) is 10.8. The third-order valence-electron chi connectivity index (χ3n) is 3.56. The molecule has 0 aliphatic carbocycles. The Labute approximate surface area is 164 Å². The lowest BCUT2D eigenvalue weighted by Crippen LogP contribution is -2.17. The van der Waals surface area contributed by atoms with Crippen LogP contribution in [0.5, 0.6) is 5.75 Å². The van der Waals surface area contributed by atoms with Crippen LogP contribution in [-0.4, -0.2) is 28.1 Å². The number of rotatable bonds is 6. The number of anilines is 1. The summed E-state index contributed by atoms with van der Waals surface area (Å²) in [5.41, 5.74) is -1.50. The van der Waals surface area contributed by atoms with Crippen LogP contribution in [0.4, 0.5) is 18.9 Å². The number of ether oxygens (including phenoxy) is 2. The Morgan fingerprint density at radius 2 is 1.86 bits per heavy atom. The van der Waals surface area contributed by atoms with E-state index >= 15 is 0 Å². The Kier molecular flexibility index (Phi) is 6.45. The van der Waals surface area contributed by atoms with E-state index in [-0.39, 0.29) is 22.3 Å². The second-order valence-corrected chi connectivity index (χ2v) is 7.70. The zero-order chi connectivity index (χ0) is 21.1. The first-order chi connectivity index (χ1) is 12.9. The van der Waals surface area contributed by atoms with Crippen molar-refractivity contribution in [3.8, 4) is 5.75 Å². The molecular weight excluding hydrogens is 423 g/mol. The van der Waals surface area contributed by atoms with Gasteiger partial charge in [-0.05, 0) is 48.9 Å².